The molecule has 1 amide bonds. The summed E-state index contributed by atoms with van der Waals surface area (Å²) in [7, 11) is 0. The zero-order valence-electron chi connectivity index (χ0n) is 9.83. The van der Waals surface area contributed by atoms with E-state index in [9.17, 15) is 9.90 Å². The predicted molar refractivity (Wildman–Crippen MR) is 77.5 cm³/mol. The second kappa shape index (κ2) is 6.17. The molecule has 1 aromatic carbocycles. The highest BCUT2D eigenvalue weighted by atomic mass is 79.9. The first-order valence-electron chi connectivity index (χ1n) is 5.97. The van der Waals surface area contributed by atoms with E-state index in [1.165, 1.54) is 0 Å². The van der Waals surface area contributed by atoms with Gasteiger partial charge in [0.05, 0.1) is 11.7 Å². The zero-order valence-corrected chi connectivity index (χ0v) is 13.0. The van der Waals surface area contributed by atoms with Crippen LogP contribution in [-0.4, -0.2) is 23.7 Å². The minimum absolute atomic E-state index is 0.0791. The van der Waals surface area contributed by atoms with Crippen LogP contribution in [0.3, 0.4) is 0 Å². The number of amides is 1. The predicted octanol–water partition coefficient (Wildman–Crippen LogP) is 3.10. The van der Waals surface area contributed by atoms with Crippen LogP contribution in [0, 0.1) is 5.92 Å². The first-order chi connectivity index (χ1) is 8.56. The Kier molecular flexibility index (Phi) is 4.81. The Hall–Kier alpha value is -0.390. The van der Waals surface area contributed by atoms with Crippen molar-refractivity contribution in [2.45, 2.75) is 25.4 Å². The maximum atomic E-state index is 12.0. The molecule has 2 unspecified atom stereocenters. The monoisotopic (exact) mass is 375 g/mol. The van der Waals surface area contributed by atoms with E-state index in [1.54, 1.807) is 6.07 Å². The fraction of sp³-hybridized carbons (Fsp3) is 0.462. The van der Waals surface area contributed by atoms with E-state index in [0.29, 0.717) is 18.0 Å². The van der Waals surface area contributed by atoms with Gasteiger partial charge in [-0.05, 0) is 59.3 Å². The average molecular weight is 377 g/mol. The van der Waals surface area contributed by atoms with Crippen molar-refractivity contribution in [2.75, 3.05) is 6.54 Å². The maximum absolute atomic E-state index is 12.0. The number of nitrogens with one attached hydrogen (secondary N) is 1. The van der Waals surface area contributed by atoms with Gasteiger partial charge < -0.3 is 10.4 Å². The molecule has 0 heterocycles. The van der Waals surface area contributed by atoms with Crippen molar-refractivity contribution in [3.8, 4) is 0 Å². The van der Waals surface area contributed by atoms with Gasteiger partial charge in [0.25, 0.3) is 5.91 Å². The van der Waals surface area contributed by atoms with Crippen LogP contribution >= 0.6 is 31.9 Å². The third-order valence-corrected chi connectivity index (χ3v) is 4.42. The maximum Gasteiger partial charge on any atom is 0.252 e. The van der Waals surface area contributed by atoms with Gasteiger partial charge in [-0.15, -0.1) is 0 Å². The Morgan fingerprint density at radius 1 is 1.39 bits per heavy atom. The Labute approximate surface area is 123 Å². The molecule has 2 atom stereocenters. The van der Waals surface area contributed by atoms with Crippen LogP contribution in [0.15, 0.2) is 27.1 Å². The molecular weight excluding hydrogens is 362 g/mol. The highest BCUT2D eigenvalue weighted by Crippen LogP contribution is 2.25. The third-order valence-electron chi connectivity index (χ3n) is 3.24. The SMILES string of the molecule is O=C(NCC1CCC(O)C1)c1cc(Br)ccc1Br. The molecule has 18 heavy (non-hydrogen) atoms. The van der Waals surface area contributed by atoms with Gasteiger partial charge in [0.1, 0.15) is 0 Å². The second-order valence-corrected chi connectivity index (χ2v) is 6.44. The zero-order chi connectivity index (χ0) is 13.1. The van der Waals surface area contributed by atoms with Gasteiger partial charge in [0, 0.05) is 15.5 Å². The number of hydrogen-bond acceptors (Lipinski definition) is 2. The topological polar surface area (TPSA) is 49.3 Å². The number of halogens is 2. The number of aliphatic hydroxyl groups is 1. The van der Waals surface area contributed by atoms with E-state index >= 15 is 0 Å². The van der Waals surface area contributed by atoms with Gasteiger partial charge in [-0.1, -0.05) is 15.9 Å². The fourth-order valence-corrected chi connectivity index (χ4v) is 3.03. The van der Waals surface area contributed by atoms with Crippen LogP contribution in [0.2, 0.25) is 0 Å². The largest absolute Gasteiger partial charge is 0.393 e. The van der Waals surface area contributed by atoms with Crippen molar-refractivity contribution in [3.05, 3.63) is 32.7 Å². The summed E-state index contributed by atoms with van der Waals surface area (Å²) < 4.78 is 1.67. The van der Waals surface area contributed by atoms with Gasteiger partial charge in [0.2, 0.25) is 0 Å². The van der Waals surface area contributed by atoms with Crippen LogP contribution in [0.25, 0.3) is 0 Å². The molecule has 0 aliphatic heterocycles. The summed E-state index contributed by atoms with van der Waals surface area (Å²) in [6, 6.07) is 5.52. The number of aliphatic hydroxyl groups excluding tert-OH is 1. The van der Waals surface area contributed by atoms with Gasteiger partial charge in [0.15, 0.2) is 0 Å². The molecule has 0 aromatic heterocycles. The lowest BCUT2D eigenvalue weighted by Gasteiger charge is -2.12. The molecule has 1 aliphatic carbocycles. The lowest BCUT2D eigenvalue weighted by atomic mass is 10.1. The van der Waals surface area contributed by atoms with Crippen LogP contribution in [0.5, 0.6) is 0 Å². The van der Waals surface area contributed by atoms with Gasteiger partial charge in [-0.2, -0.15) is 0 Å². The lowest BCUT2D eigenvalue weighted by molar-refractivity contribution is 0.0944. The van der Waals surface area contributed by atoms with Crippen molar-refractivity contribution in [1.29, 1.82) is 0 Å². The van der Waals surface area contributed by atoms with E-state index in [2.05, 4.69) is 37.2 Å². The molecule has 1 fully saturated rings. The molecular formula is C13H15Br2NO2. The third kappa shape index (κ3) is 3.56. The van der Waals surface area contributed by atoms with Crippen LogP contribution in [-0.2, 0) is 0 Å². The number of carbonyl (C=O) groups is 1. The minimum atomic E-state index is -0.190. The van der Waals surface area contributed by atoms with Crippen molar-refractivity contribution in [1.82, 2.24) is 5.32 Å². The molecule has 0 bridgehead atoms. The van der Waals surface area contributed by atoms with E-state index in [1.807, 2.05) is 12.1 Å². The number of carbonyl (C=O) groups excluding carboxylic acids is 1. The summed E-state index contributed by atoms with van der Waals surface area (Å²) >= 11 is 6.73. The summed E-state index contributed by atoms with van der Waals surface area (Å²) in [5, 5.41) is 12.4. The van der Waals surface area contributed by atoms with Crippen LogP contribution < -0.4 is 5.32 Å². The number of benzene rings is 1. The quantitative estimate of drug-likeness (QED) is 0.851. The molecule has 3 nitrogen and oxygen atoms in total. The lowest BCUT2D eigenvalue weighted by Crippen LogP contribution is -2.28. The van der Waals surface area contributed by atoms with Crippen molar-refractivity contribution in [2.24, 2.45) is 5.92 Å². The second-order valence-electron chi connectivity index (χ2n) is 4.67. The van der Waals surface area contributed by atoms with Crippen LogP contribution in [0.4, 0.5) is 0 Å². The summed E-state index contributed by atoms with van der Waals surface area (Å²) in [6.07, 6.45) is 2.44. The summed E-state index contributed by atoms with van der Waals surface area (Å²) in [6.45, 7) is 0.634. The van der Waals surface area contributed by atoms with Crippen molar-refractivity contribution < 1.29 is 9.90 Å². The van der Waals surface area contributed by atoms with E-state index in [0.717, 1.165) is 28.2 Å². The Balaban J connectivity index is 1.93. The molecule has 0 spiro atoms. The first-order valence-corrected chi connectivity index (χ1v) is 7.56. The van der Waals surface area contributed by atoms with Crippen molar-refractivity contribution in [3.63, 3.8) is 0 Å². The van der Waals surface area contributed by atoms with E-state index < -0.39 is 0 Å². The standard InChI is InChI=1S/C13H15Br2NO2/c14-9-2-4-12(15)11(6-9)13(18)16-7-8-1-3-10(17)5-8/h2,4,6,8,10,17H,1,3,5,7H2,(H,16,18). The normalized spacial score (nSPS) is 23.1. The fourth-order valence-electron chi connectivity index (χ4n) is 2.24. The summed E-state index contributed by atoms with van der Waals surface area (Å²) in [4.78, 5) is 12.0. The van der Waals surface area contributed by atoms with Gasteiger partial charge in [-0.25, -0.2) is 0 Å². The molecule has 5 heteroatoms. The molecule has 2 N–H and O–H groups in total. The molecule has 0 radical (unpaired) electrons. The number of hydrogen-bond donors (Lipinski definition) is 2. The summed E-state index contributed by atoms with van der Waals surface area (Å²) in [5.74, 6) is 0.319. The number of rotatable bonds is 3. The Morgan fingerprint density at radius 3 is 2.83 bits per heavy atom. The van der Waals surface area contributed by atoms with E-state index in [4.69, 9.17) is 0 Å². The molecule has 1 saturated carbocycles. The van der Waals surface area contributed by atoms with Crippen molar-refractivity contribution >= 4 is 37.8 Å². The van der Waals surface area contributed by atoms with Crippen LogP contribution in [0.1, 0.15) is 29.6 Å². The molecule has 0 saturated heterocycles. The van der Waals surface area contributed by atoms with Gasteiger partial charge in [-0.3, -0.25) is 4.79 Å². The smallest absolute Gasteiger partial charge is 0.252 e. The van der Waals surface area contributed by atoms with Gasteiger partial charge >= 0.3 is 0 Å². The Bertz CT molecular complexity index is 451. The van der Waals surface area contributed by atoms with E-state index in [-0.39, 0.29) is 12.0 Å². The highest BCUT2D eigenvalue weighted by Gasteiger charge is 2.23. The average Bonchev–Trinajstić information content (AvgIpc) is 2.75. The molecule has 1 aromatic rings. The Morgan fingerprint density at radius 2 is 2.17 bits per heavy atom. The highest BCUT2D eigenvalue weighted by molar-refractivity contribution is 9.11. The molecule has 2 rings (SSSR count). The molecule has 1 aliphatic rings. The first kappa shape index (κ1) is 14.0. The molecule has 98 valence electrons. The summed E-state index contributed by atoms with van der Waals surface area (Å²) in [5.41, 5.74) is 0.628. The minimum Gasteiger partial charge on any atom is -0.393 e.